The monoisotopic (exact) mass is 659 g/mol. The highest BCUT2D eigenvalue weighted by molar-refractivity contribution is 7.99. The lowest BCUT2D eigenvalue weighted by molar-refractivity contribution is -0.131. The van der Waals surface area contributed by atoms with Crippen molar-refractivity contribution in [2.45, 2.75) is 24.0 Å². The maximum absolute atomic E-state index is 13.2. The van der Waals surface area contributed by atoms with Gasteiger partial charge in [-0.3, -0.25) is 9.69 Å². The molecule has 3 amide bonds. The van der Waals surface area contributed by atoms with Crippen molar-refractivity contribution in [3.8, 4) is 5.75 Å². The van der Waals surface area contributed by atoms with E-state index in [1.165, 1.54) is 19.4 Å². The number of aromatic nitrogens is 2. The van der Waals surface area contributed by atoms with Crippen molar-refractivity contribution in [1.82, 2.24) is 19.8 Å². The van der Waals surface area contributed by atoms with E-state index in [9.17, 15) is 18.0 Å². The molecule has 2 aliphatic heterocycles. The molecule has 1 aromatic heterocycles. The number of thioether (sulfide) groups is 1. The fraction of sp³-hybridized carbons (Fsp3) is 0.379. The number of nitrogens with zero attached hydrogens (tertiary/aromatic N) is 5. The molecule has 12 nitrogen and oxygen atoms in total. The maximum Gasteiger partial charge on any atom is 0.325 e. The first-order chi connectivity index (χ1) is 21.1. The van der Waals surface area contributed by atoms with E-state index in [1.807, 2.05) is 16.7 Å². The van der Waals surface area contributed by atoms with Crippen molar-refractivity contribution in [2.24, 2.45) is 0 Å². The van der Waals surface area contributed by atoms with Crippen LogP contribution < -0.4 is 20.3 Å². The van der Waals surface area contributed by atoms with Crippen LogP contribution in [-0.4, -0.2) is 96.7 Å². The van der Waals surface area contributed by atoms with Crippen LogP contribution in [0.5, 0.6) is 5.75 Å². The molecule has 5 rings (SSSR count). The molecule has 2 fully saturated rings. The van der Waals surface area contributed by atoms with E-state index >= 15 is 0 Å². The van der Waals surface area contributed by atoms with Crippen molar-refractivity contribution in [3.05, 3.63) is 53.7 Å². The molecule has 2 aromatic carbocycles. The van der Waals surface area contributed by atoms with E-state index in [1.54, 1.807) is 60.0 Å². The Morgan fingerprint density at radius 2 is 1.82 bits per heavy atom. The van der Waals surface area contributed by atoms with E-state index in [0.717, 1.165) is 11.5 Å². The second kappa shape index (κ2) is 13.5. The first kappa shape index (κ1) is 31.7. The minimum Gasteiger partial charge on any atom is -0.494 e. The molecule has 2 N–H and O–H groups in total. The summed E-state index contributed by atoms with van der Waals surface area (Å²) in [6.07, 6.45) is 1.40. The van der Waals surface area contributed by atoms with Gasteiger partial charge in [-0.1, -0.05) is 23.7 Å². The average molecular weight is 660 g/mol. The third-order valence-electron chi connectivity index (χ3n) is 7.34. The number of benzene rings is 2. The Labute approximate surface area is 266 Å². The van der Waals surface area contributed by atoms with Crippen molar-refractivity contribution >= 4 is 74.0 Å². The summed E-state index contributed by atoms with van der Waals surface area (Å²) in [5.74, 6) is 2.65. The first-order valence-electron chi connectivity index (χ1n) is 14.1. The summed E-state index contributed by atoms with van der Waals surface area (Å²) in [6.45, 7) is 5.63. The Morgan fingerprint density at radius 1 is 1.07 bits per heavy atom. The van der Waals surface area contributed by atoms with Gasteiger partial charge in [0.25, 0.3) is 0 Å². The molecule has 0 saturated carbocycles. The van der Waals surface area contributed by atoms with Gasteiger partial charge in [0.15, 0.2) is 15.7 Å². The predicted octanol–water partition coefficient (Wildman–Crippen LogP) is 4.63. The van der Waals surface area contributed by atoms with Gasteiger partial charge in [0.05, 0.1) is 34.8 Å². The number of carbonyl (C=O) groups excluding carboxylic acids is 2. The van der Waals surface area contributed by atoms with Crippen molar-refractivity contribution in [3.63, 3.8) is 0 Å². The average Bonchev–Trinajstić information content (AvgIpc) is 3.38. The molecule has 2 aliphatic rings. The molecule has 44 heavy (non-hydrogen) atoms. The van der Waals surface area contributed by atoms with E-state index in [0.29, 0.717) is 49.0 Å². The number of hydrogen-bond donors (Lipinski definition) is 2. The van der Waals surface area contributed by atoms with E-state index in [4.69, 9.17) is 16.3 Å². The van der Waals surface area contributed by atoms with Crippen molar-refractivity contribution in [2.75, 3.05) is 66.9 Å². The third kappa shape index (κ3) is 6.81. The zero-order valence-electron chi connectivity index (χ0n) is 24.6. The maximum atomic E-state index is 13.2. The van der Waals surface area contributed by atoms with Gasteiger partial charge in [-0.15, -0.1) is 0 Å². The first-order valence-corrected chi connectivity index (χ1v) is 17.2. The number of carbonyl (C=O) groups is 2. The van der Waals surface area contributed by atoms with Crippen LogP contribution in [0.15, 0.2) is 53.6 Å². The topological polar surface area (TPSA) is 137 Å². The van der Waals surface area contributed by atoms with Crippen LogP contribution >= 0.6 is 23.4 Å². The molecule has 0 unspecified atom stereocenters. The van der Waals surface area contributed by atoms with Crippen molar-refractivity contribution in [1.29, 1.82) is 0 Å². The Kier molecular flexibility index (Phi) is 9.71. The van der Waals surface area contributed by atoms with Gasteiger partial charge in [-0.2, -0.15) is 16.7 Å². The SMILES string of the molecule is COc1cc(N2CCN(CC(=O)N3CCSCC3)C2=O)ccc1Nc1ncc(Cl)c(Nc2ccccc2S(=O)(=O)C(C)C)n1. The van der Waals surface area contributed by atoms with Gasteiger partial charge in [-0.05, 0) is 38.1 Å². The standard InChI is InChI=1S/C29H34ClN7O5S2/c1-19(2)44(40,41)25-7-5-4-6-23(25)32-27-21(30)17-31-28(34-27)33-22-9-8-20(16-24(22)42-3)37-11-10-36(29(37)39)18-26(38)35-12-14-43-15-13-35/h4-9,16-17,19H,10-15,18H2,1-3H3,(H2,31,32,33,34). The van der Waals surface area contributed by atoms with Crippen LogP contribution in [-0.2, 0) is 14.6 Å². The van der Waals surface area contributed by atoms with Crippen LogP contribution in [0.1, 0.15) is 13.8 Å². The molecular formula is C29H34ClN7O5S2. The lowest BCUT2D eigenvalue weighted by Crippen LogP contribution is -2.45. The third-order valence-corrected chi connectivity index (χ3v) is 10.8. The zero-order chi connectivity index (χ0) is 31.4. The Hall–Kier alpha value is -3.75. The summed E-state index contributed by atoms with van der Waals surface area (Å²) in [7, 11) is -2.06. The van der Waals surface area contributed by atoms with Gasteiger partial charge in [0.1, 0.15) is 17.3 Å². The Balaban J connectivity index is 1.31. The number of hydrogen-bond acceptors (Lipinski definition) is 10. The van der Waals surface area contributed by atoms with Crippen LogP contribution in [0.25, 0.3) is 0 Å². The normalized spacial score (nSPS) is 15.6. The lowest BCUT2D eigenvalue weighted by atomic mass is 10.2. The molecule has 234 valence electrons. The molecule has 15 heteroatoms. The summed E-state index contributed by atoms with van der Waals surface area (Å²) in [4.78, 5) is 39.8. The molecule has 2 saturated heterocycles. The highest BCUT2D eigenvalue weighted by atomic mass is 35.5. The van der Waals surface area contributed by atoms with Gasteiger partial charge < -0.3 is 25.2 Å². The van der Waals surface area contributed by atoms with E-state index < -0.39 is 15.1 Å². The Bertz CT molecular complexity index is 1650. The summed E-state index contributed by atoms with van der Waals surface area (Å²) in [5, 5.41) is 5.73. The molecule has 0 spiro atoms. The highest BCUT2D eigenvalue weighted by Gasteiger charge is 2.32. The molecule has 0 atom stereocenters. The number of para-hydroxylation sites is 1. The zero-order valence-corrected chi connectivity index (χ0v) is 27.0. The highest BCUT2D eigenvalue weighted by Crippen LogP contribution is 2.34. The number of sulfone groups is 1. The van der Waals surface area contributed by atoms with Gasteiger partial charge >= 0.3 is 6.03 Å². The molecule has 3 aromatic rings. The minimum absolute atomic E-state index is 0.0283. The van der Waals surface area contributed by atoms with E-state index in [2.05, 4.69) is 20.6 Å². The fourth-order valence-corrected chi connectivity index (χ4v) is 7.07. The van der Waals surface area contributed by atoms with Crippen LogP contribution in [0.4, 0.5) is 33.6 Å². The quantitative estimate of drug-likeness (QED) is 0.317. The largest absolute Gasteiger partial charge is 0.494 e. The van der Waals surface area contributed by atoms with Crippen LogP contribution in [0.3, 0.4) is 0 Å². The fourth-order valence-electron chi connectivity index (χ4n) is 4.83. The predicted molar refractivity (Wildman–Crippen MR) is 174 cm³/mol. The molecule has 0 aliphatic carbocycles. The summed E-state index contributed by atoms with van der Waals surface area (Å²) < 4.78 is 31.4. The van der Waals surface area contributed by atoms with Gasteiger partial charge in [0, 0.05) is 49.4 Å². The summed E-state index contributed by atoms with van der Waals surface area (Å²) in [6, 6.07) is 11.6. The molecule has 3 heterocycles. The number of anilines is 5. The van der Waals surface area contributed by atoms with Gasteiger partial charge in [0.2, 0.25) is 11.9 Å². The number of amides is 3. The molecular weight excluding hydrogens is 626 g/mol. The molecule has 0 radical (unpaired) electrons. The lowest BCUT2D eigenvalue weighted by Gasteiger charge is -2.28. The number of ether oxygens (including phenoxy) is 1. The number of rotatable bonds is 10. The second-order valence-electron chi connectivity index (χ2n) is 10.5. The Morgan fingerprint density at radius 3 is 2.55 bits per heavy atom. The van der Waals surface area contributed by atoms with Crippen molar-refractivity contribution < 1.29 is 22.7 Å². The van der Waals surface area contributed by atoms with Gasteiger partial charge in [-0.25, -0.2) is 18.2 Å². The number of urea groups is 1. The number of methoxy groups -OCH3 is 1. The number of halogens is 1. The summed E-state index contributed by atoms with van der Waals surface area (Å²) in [5.41, 5.74) is 1.51. The number of nitrogens with one attached hydrogen (secondary N) is 2. The minimum atomic E-state index is -3.57. The summed E-state index contributed by atoms with van der Waals surface area (Å²) >= 11 is 8.20. The van der Waals surface area contributed by atoms with Crippen LogP contribution in [0.2, 0.25) is 5.02 Å². The second-order valence-corrected chi connectivity index (χ2v) is 14.6. The van der Waals surface area contributed by atoms with Crippen LogP contribution in [0, 0.1) is 0 Å². The van der Waals surface area contributed by atoms with E-state index in [-0.39, 0.29) is 40.2 Å². The smallest absolute Gasteiger partial charge is 0.325 e. The molecule has 0 bridgehead atoms.